The molecule has 104 valence electrons. The SMILES string of the molecule is CC(C)NC(=O)N1CCS(=O)(=O)CC1CC(=O)O. The molecule has 1 atom stereocenters. The van der Waals surface area contributed by atoms with E-state index in [0.29, 0.717) is 0 Å². The Kier molecular flexibility index (Phi) is 4.55. The van der Waals surface area contributed by atoms with Gasteiger partial charge in [0.05, 0.1) is 24.0 Å². The lowest BCUT2D eigenvalue weighted by Gasteiger charge is -2.35. The molecular formula is C10H18N2O5S. The van der Waals surface area contributed by atoms with Crippen molar-refractivity contribution in [3.63, 3.8) is 0 Å². The third kappa shape index (κ3) is 4.17. The average Bonchev–Trinajstić information content (AvgIpc) is 2.13. The third-order valence-electron chi connectivity index (χ3n) is 2.61. The maximum atomic E-state index is 11.8. The highest BCUT2D eigenvalue weighted by Gasteiger charge is 2.35. The van der Waals surface area contributed by atoms with Crippen LogP contribution in [0.1, 0.15) is 20.3 Å². The van der Waals surface area contributed by atoms with E-state index < -0.39 is 27.9 Å². The van der Waals surface area contributed by atoms with Gasteiger partial charge in [0.15, 0.2) is 9.84 Å². The Bertz CT molecular complexity index is 432. The maximum absolute atomic E-state index is 11.8. The van der Waals surface area contributed by atoms with E-state index in [1.165, 1.54) is 4.90 Å². The van der Waals surface area contributed by atoms with Crippen molar-refractivity contribution in [3.8, 4) is 0 Å². The maximum Gasteiger partial charge on any atom is 0.317 e. The third-order valence-corrected chi connectivity index (χ3v) is 4.31. The van der Waals surface area contributed by atoms with Gasteiger partial charge in [0.25, 0.3) is 0 Å². The smallest absolute Gasteiger partial charge is 0.317 e. The quantitative estimate of drug-likeness (QED) is 0.736. The Morgan fingerprint density at radius 3 is 2.56 bits per heavy atom. The predicted molar refractivity (Wildman–Crippen MR) is 65.1 cm³/mol. The highest BCUT2D eigenvalue weighted by molar-refractivity contribution is 7.91. The van der Waals surface area contributed by atoms with E-state index in [1.54, 1.807) is 13.8 Å². The van der Waals surface area contributed by atoms with Crippen molar-refractivity contribution in [1.29, 1.82) is 0 Å². The molecule has 1 saturated heterocycles. The van der Waals surface area contributed by atoms with Crippen LogP contribution in [0.2, 0.25) is 0 Å². The van der Waals surface area contributed by atoms with Crippen molar-refractivity contribution < 1.29 is 23.1 Å². The molecule has 0 aromatic carbocycles. The van der Waals surface area contributed by atoms with Crippen LogP contribution in [0, 0.1) is 0 Å². The van der Waals surface area contributed by atoms with Crippen molar-refractivity contribution in [1.82, 2.24) is 10.2 Å². The number of carbonyl (C=O) groups excluding carboxylic acids is 1. The summed E-state index contributed by atoms with van der Waals surface area (Å²) >= 11 is 0. The fourth-order valence-corrected chi connectivity index (χ4v) is 3.38. The summed E-state index contributed by atoms with van der Waals surface area (Å²) in [4.78, 5) is 23.9. The van der Waals surface area contributed by atoms with E-state index in [2.05, 4.69) is 5.32 Å². The van der Waals surface area contributed by atoms with Gasteiger partial charge < -0.3 is 15.3 Å². The number of urea groups is 1. The first-order chi connectivity index (χ1) is 8.21. The molecule has 0 spiro atoms. The number of nitrogens with zero attached hydrogens (tertiary/aromatic N) is 1. The Hall–Kier alpha value is -1.31. The largest absolute Gasteiger partial charge is 0.481 e. The number of rotatable bonds is 3. The predicted octanol–water partition coefficient (Wildman–Crippen LogP) is -0.322. The molecular weight excluding hydrogens is 260 g/mol. The second-order valence-electron chi connectivity index (χ2n) is 4.66. The number of nitrogens with one attached hydrogen (secondary N) is 1. The van der Waals surface area contributed by atoms with E-state index in [9.17, 15) is 18.0 Å². The normalized spacial score (nSPS) is 22.8. The fraction of sp³-hybridized carbons (Fsp3) is 0.800. The van der Waals surface area contributed by atoms with Crippen LogP contribution >= 0.6 is 0 Å². The Morgan fingerprint density at radius 1 is 1.44 bits per heavy atom. The minimum Gasteiger partial charge on any atom is -0.481 e. The zero-order chi connectivity index (χ0) is 13.9. The molecule has 7 nitrogen and oxygen atoms in total. The topological polar surface area (TPSA) is 104 Å². The summed E-state index contributed by atoms with van der Waals surface area (Å²) in [5.41, 5.74) is 0. The highest BCUT2D eigenvalue weighted by Crippen LogP contribution is 2.15. The van der Waals surface area contributed by atoms with Gasteiger partial charge in [-0.05, 0) is 13.8 Å². The first kappa shape index (κ1) is 14.7. The minimum atomic E-state index is -3.26. The van der Waals surface area contributed by atoms with Gasteiger partial charge in [0, 0.05) is 12.6 Å². The summed E-state index contributed by atoms with van der Waals surface area (Å²) < 4.78 is 23.0. The number of hydrogen-bond acceptors (Lipinski definition) is 4. The molecule has 8 heteroatoms. The van der Waals surface area contributed by atoms with Crippen LogP contribution in [0.4, 0.5) is 4.79 Å². The lowest BCUT2D eigenvalue weighted by Crippen LogP contribution is -2.55. The van der Waals surface area contributed by atoms with Crippen LogP contribution in [-0.4, -0.2) is 60.6 Å². The molecule has 0 aromatic heterocycles. The summed E-state index contributed by atoms with van der Waals surface area (Å²) in [7, 11) is -3.26. The summed E-state index contributed by atoms with van der Waals surface area (Å²) in [6.07, 6.45) is -0.356. The van der Waals surface area contributed by atoms with Crippen LogP contribution < -0.4 is 5.32 Å². The molecule has 0 aliphatic carbocycles. The Labute approximate surface area is 106 Å². The summed E-state index contributed by atoms with van der Waals surface area (Å²) in [5.74, 6) is -1.51. The van der Waals surface area contributed by atoms with Crippen molar-refractivity contribution >= 4 is 21.8 Å². The number of hydrogen-bond donors (Lipinski definition) is 2. The molecule has 0 saturated carbocycles. The number of sulfone groups is 1. The Balaban J connectivity index is 2.81. The van der Waals surface area contributed by atoms with Crippen LogP contribution in [-0.2, 0) is 14.6 Å². The molecule has 2 N–H and O–H groups in total. The van der Waals surface area contributed by atoms with Crippen molar-refractivity contribution in [2.75, 3.05) is 18.1 Å². The fourth-order valence-electron chi connectivity index (χ4n) is 1.85. The molecule has 18 heavy (non-hydrogen) atoms. The molecule has 1 aliphatic heterocycles. The zero-order valence-corrected chi connectivity index (χ0v) is 11.2. The van der Waals surface area contributed by atoms with Gasteiger partial charge in [-0.15, -0.1) is 0 Å². The first-order valence-corrected chi connectivity index (χ1v) is 7.53. The highest BCUT2D eigenvalue weighted by atomic mass is 32.2. The number of carboxylic acid groups (broad SMARTS) is 1. The monoisotopic (exact) mass is 278 g/mol. The molecule has 1 unspecified atom stereocenters. The number of carboxylic acids is 1. The van der Waals surface area contributed by atoms with Crippen molar-refractivity contribution in [2.24, 2.45) is 0 Å². The number of amides is 2. The van der Waals surface area contributed by atoms with Crippen molar-refractivity contribution in [2.45, 2.75) is 32.4 Å². The minimum absolute atomic E-state index is 0.0405. The summed E-state index contributed by atoms with van der Waals surface area (Å²) in [5, 5.41) is 11.4. The second-order valence-corrected chi connectivity index (χ2v) is 6.89. The van der Waals surface area contributed by atoms with Crippen molar-refractivity contribution in [3.05, 3.63) is 0 Å². The molecule has 1 heterocycles. The van der Waals surface area contributed by atoms with Gasteiger partial charge in [-0.3, -0.25) is 4.79 Å². The van der Waals surface area contributed by atoms with Gasteiger partial charge in [-0.25, -0.2) is 13.2 Å². The Morgan fingerprint density at radius 2 is 2.06 bits per heavy atom. The van der Waals surface area contributed by atoms with Gasteiger partial charge in [-0.2, -0.15) is 0 Å². The zero-order valence-electron chi connectivity index (χ0n) is 10.4. The van der Waals surface area contributed by atoms with E-state index in [4.69, 9.17) is 5.11 Å². The molecule has 1 aliphatic rings. The standard InChI is InChI=1S/C10H18N2O5S/c1-7(2)11-10(15)12-3-4-18(16,17)6-8(12)5-9(13)14/h7-8H,3-6H2,1-2H3,(H,11,15)(H,13,14). The molecule has 1 fully saturated rings. The van der Waals surface area contributed by atoms with Gasteiger partial charge in [-0.1, -0.05) is 0 Å². The van der Waals surface area contributed by atoms with E-state index in [1.807, 2.05) is 0 Å². The lowest BCUT2D eigenvalue weighted by atomic mass is 10.2. The number of carbonyl (C=O) groups is 2. The van der Waals surface area contributed by atoms with Crippen LogP contribution in [0.3, 0.4) is 0 Å². The lowest BCUT2D eigenvalue weighted by molar-refractivity contribution is -0.138. The first-order valence-electron chi connectivity index (χ1n) is 5.70. The van der Waals surface area contributed by atoms with E-state index >= 15 is 0 Å². The van der Waals surface area contributed by atoms with Crippen LogP contribution in [0.5, 0.6) is 0 Å². The van der Waals surface area contributed by atoms with Gasteiger partial charge >= 0.3 is 12.0 Å². The van der Waals surface area contributed by atoms with Gasteiger partial charge in [0.2, 0.25) is 0 Å². The van der Waals surface area contributed by atoms with E-state index in [-0.39, 0.29) is 30.5 Å². The average molecular weight is 278 g/mol. The van der Waals surface area contributed by atoms with E-state index in [0.717, 1.165) is 0 Å². The van der Waals surface area contributed by atoms with Gasteiger partial charge in [0.1, 0.15) is 0 Å². The number of aliphatic carboxylic acids is 1. The molecule has 0 radical (unpaired) electrons. The van der Waals surface area contributed by atoms with Crippen LogP contribution in [0.25, 0.3) is 0 Å². The molecule has 0 bridgehead atoms. The summed E-state index contributed by atoms with van der Waals surface area (Å²) in [6.45, 7) is 3.61. The molecule has 2 amide bonds. The summed E-state index contributed by atoms with van der Waals surface area (Å²) in [6, 6.07) is -1.28. The van der Waals surface area contributed by atoms with Crippen LogP contribution in [0.15, 0.2) is 0 Å². The second kappa shape index (κ2) is 5.55. The molecule has 1 rings (SSSR count). The molecule has 0 aromatic rings.